The van der Waals surface area contributed by atoms with E-state index in [2.05, 4.69) is 19.9 Å². The van der Waals surface area contributed by atoms with Gasteiger partial charge in [0.15, 0.2) is 10.3 Å². The largest absolute Gasteiger partial charge is 0.432 e. The van der Waals surface area contributed by atoms with Gasteiger partial charge in [0.05, 0.1) is 40.6 Å². The van der Waals surface area contributed by atoms with Crippen LogP contribution in [0.5, 0.6) is 0 Å². The number of quaternary nitrogens is 1. The Morgan fingerprint density at radius 1 is 0.867 bits per heavy atom. The number of aromatic amines is 2. The fraction of sp³-hybridized carbons (Fsp3) is 0.263. The molecule has 0 aliphatic heterocycles. The molecule has 4 aromatic rings. The summed E-state index contributed by atoms with van der Waals surface area (Å²) in [5.74, 6) is 0.983. The van der Waals surface area contributed by atoms with Crippen molar-refractivity contribution < 1.29 is 16.9 Å². The van der Waals surface area contributed by atoms with Crippen molar-refractivity contribution >= 4 is 55.9 Å². The van der Waals surface area contributed by atoms with E-state index in [1.54, 1.807) is 0 Å². The minimum absolute atomic E-state index is 0.251. The van der Waals surface area contributed by atoms with Gasteiger partial charge in [0.2, 0.25) is 0 Å². The average molecular weight is 465 g/mol. The second-order valence-electron chi connectivity index (χ2n) is 7.01. The van der Waals surface area contributed by atoms with Crippen molar-refractivity contribution in [3.05, 3.63) is 48.5 Å². The molecule has 0 radical (unpaired) electrons. The van der Waals surface area contributed by atoms with Gasteiger partial charge < -0.3 is 9.97 Å². The van der Waals surface area contributed by atoms with Crippen LogP contribution in [0, 0.1) is 0 Å². The lowest BCUT2D eigenvalue weighted by molar-refractivity contribution is -0.783. The summed E-state index contributed by atoms with van der Waals surface area (Å²) in [5.41, 5.74) is 3.62. The number of thioether (sulfide) groups is 2. The molecule has 0 fully saturated rings. The molecule has 0 amide bonds. The van der Waals surface area contributed by atoms with Gasteiger partial charge in [0.25, 0.3) is 0 Å². The fourth-order valence-electron chi connectivity index (χ4n) is 3.01. The third-order valence-corrected chi connectivity index (χ3v) is 8.08. The molecule has 0 saturated heterocycles. The van der Waals surface area contributed by atoms with E-state index in [9.17, 15) is 13.0 Å². The van der Waals surface area contributed by atoms with Crippen LogP contribution in [-0.4, -0.2) is 68.4 Å². The van der Waals surface area contributed by atoms with E-state index in [0.29, 0.717) is 11.5 Å². The SMILES string of the molecule is C[N+](CCSc1nc2ccccc2[nH]1)(CCSc1nc2ccccc2[nH]1)S(=O)(=O)O. The molecule has 0 atom stereocenters. The number of para-hydroxylation sites is 4. The zero-order valence-corrected chi connectivity index (χ0v) is 18.7. The molecule has 0 aliphatic carbocycles. The highest BCUT2D eigenvalue weighted by Gasteiger charge is 2.35. The molecule has 2 heterocycles. The van der Waals surface area contributed by atoms with Crippen LogP contribution in [0.15, 0.2) is 58.8 Å². The minimum atomic E-state index is -4.27. The van der Waals surface area contributed by atoms with Crippen LogP contribution in [-0.2, 0) is 10.3 Å². The standard InChI is InChI=1S/C19H21N5O3S3/c1-24(30(25,26)27,10-12-28-18-20-14-6-2-3-7-15(14)21-18)11-13-29-19-22-16-8-4-5-9-17(16)23-19/h2-9H,10-13H2,1H3,(H2-,20,21,22,23,25,26,27)/p+1. The highest BCUT2D eigenvalue weighted by atomic mass is 32.2. The fourth-order valence-corrected chi connectivity index (χ4v) is 5.95. The van der Waals surface area contributed by atoms with Crippen LogP contribution in [0.2, 0.25) is 0 Å². The Labute approximate surface area is 183 Å². The molecular formula is C19H22N5O3S3+. The first-order valence-electron chi connectivity index (χ1n) is 9.31. The molecular weight excluding hydrogens is 442 g/mol. The average Bonchev–Trinajstić information content (AvgIpc) is 3.30. The van der Waals surface area contributed by atoms with E-state index < -0.39 is 14.2 Å². The first-order chi connectivity index (χ1) is 14.3. The zero-order valence-electron chi connectivity index (χ0n) is 16.3. The normalized spacial score (nSPS) is 12.7. The highest BCUT2D eigenvalue weighted by molar-refractivity contribution is 7.99. The summed E-state index contributed by atoms with van der Waals surface area (Å²) in [6.45, 7) is 0.502. The Kier molecular flexibility index (Phi) is 6.07. The molecule has 8 nitrogen and oxygen atoms in total. The summed E-state index contributed by atoms with van der Waals surface area (Å²) in [4.78, 5) is 15.4. The van der Waals surface area contributed by atoms with E-state index in [1.165, 1.54) is 30.6 Å². The van der Waals surface area contributed by atoms with Gasteiger partial charge in [-0.3, -0.25) is 0 Å². The molecule has 0 saturated carbocycles. The van der Waals surface area contributed by atoms with E-state index in [-0.39, 0.29) is 13.1 Å². The summed E-state index contributed by atoms with van der Waals surface area (Å²) < 4.78 is 33.5. The van der Waals surface area contributed by atoms with E-state index in [4.69, 9.17) is 0 Å². The van der Waals surface area contributed by atoms with Crippen LogP contribution in [0.3, 0.4) is 0 Å². The maximum Gasteiger partial charge on any atom is 0.432 e. The first-order valence-corrected chi connectivity index (χ1v) is 12.7. The van der Waals surface area contributed by atoms with Crippen molar-refractivity contribution in [1.82, 2.24) is 19.9 Å². The number of rotatable bonds is 9. The van der Waals surface area contributed by atoms with Crippen LogP contribution < -0.4 is 0 Å². The molecule has 11 heteroatoms. The molecule has 3 N–H and O–H groups in total. The van der Waals surface area contributed by atoms with Crippen molar-refractivity contribution in [2.24, 2.45) is 0 Å². The van der Waals surface area contributed by atoms with Gasteiger partial charge in [0.1, 0.15) is 13.1 Å². The molecule has 2 aromatic carbocycles. The van der Waals surface area contributed by atoms with Gasteiger partial charge in [-0.2, -0.15) is 3.89 Å². The predicted molar refractivity (Wildman–Crippen MR) is 121 cm³/mol. The van der Waals surface area contributed by atoms with Gasteiger partial charge in [-0.15, -0.1) is 8.42 Å². The summed E-state index contributed by atoms with van der Waals surface area (Å²) >= 11 is 2.88. The number of benzene rings is 2. The Morgan fingerprint density at radius 2 is 1.30 bits per heavy atom. The maximum atomic E-state index is 12.1. The highest BCUT2D eigenvalue weighted by Crippen LogP contribution is 2.23. The number of hydrogen-bond acceptors (Lipinski definition) is 6. The van der Waals surface area contributed by atoms with Gasteiger partial charge in [-0.05, 0) is 24.3 Å². The van der Waals surface area contributed by atoms with E-state index in [0.717, 1.165) is 32.4 Å². The zero-order chi connectivity index (χ0) is 21.2. The lowest BCUT2D eigenvalue weighted by atomic mass is 10.3. The van der Waals surface area contributed by atoms with Gasteiger partial charge >= 0.3 is 10.3 Å². The second kappa shape index (κ2) is 8.60. The Bertz CT molecular complexity index is 1120. The molecule has 30 heavy (non-hydrogen) atoms. The van der Waals surface area contributed by atoms with Crippen molar-refractivity contribution in [3.8, 4) is 0 Å². The number of aromatic nitrogens is 4. The monoisotopic (exact) mass is 464 g/mol. The summed E-state index contributed by atoms with van der Waals surface area (Å²) in [6, 6.07) is 15.4. The number of nitrogens with one attached hydrogen (secondary N) is 2. The topological polar surface area (TPSA) is 112 Å². The lowest BCUT2D eigenvalue weighted by Crippen LogP contribution is -2.51. The summed E-state index contributed by atoms with van der Waals surface area (Å²) in [6.07, 6.45) is 0. The quantitative estimate of drug-likeness (QED) is 0.197. The van der Waals surface area contributed by atoms with Crippen molar-refractivity contribution in [3.63, 3.8) is 0 Å². The molecule has 0 aliphatic rings. The van der Waals surface area contributed by atoms with Gasteiger partial charge in [-0.1, -0.05) is 47.8 Å². The Hall–Kier alpha value is -2.05. The third-order valence-electron chi connectivity index (χ3n) is 4.90. The molecule has 4 rings (SSSR count). The van der Waals surface area contributed by atoms with E-state index in [1.807, 2.05) is 48.5 Å². The van der Waals surface area contributed by atoms with Crippen molar-refractivity contribution in [2.45, 2.75) is 10.3 Å². The minimum Gasteiger partial charge on any atom is -0.333 e. The van der Waals surface area contributed by atoms with Gasteiger partial charge in [0, 0.05) is 0 Å². The van der Waals surface area contributed by atoms with Crippen LogP contribution in [0.1, 0.15) is 0 Å². The number of H-pyrrole nitrogens is 2. The molecule has 0 unspecified atom stereocenters. The van der Waals surface area contributed by atoms with Crippen LogP contribution >= 0.6 is 23.5 Å². The molecule has 2 aromatic heterocycles. The van der Waals surface area contributed by atoms with Crippen molar-refractivity contribution in [1.29, 1.82) is 0 Å². The number of hydrogen-bond donors (Lipinski definition) is 3. The Balaban J connectivity index is 1.36. The smallest absolute Gasteiger partial charge is 0.333 e. The maximum absolute atomic E-state index is 12.1. The molecule has 0 spiro atoms. The lowest BCUT2D eigenvalue weighted by Gasteiger charge is -2.29. The Morgan fingerprint density at radius 3 is 1.70 bits per heavy atom. The van der Waals surface area contributed by atoms with Crippen LogP contribution in [0.4, 0.5) is 0 Å². The number of imidazole rings is 2. The van der Waals surface area contributed by atoms with Crippen molar-refractivity contribution in [2.75, 3.05) is 31.6 Å². The number of nitrogens with zero attached hydrogens (tertiary/aromatic N) is 3. The third kappa shape index (κ3) is 4.65. The second-order valence-corrected chi connectivity index (χ2v) is 11.0. The number of fused-ring (bicyclic) bond motifs is 2. The first kappa shape index (κ1) is 21.2. The van der Waals surface area contributed by atoms with Gasteiger partial charge in [-0.25, -0.2) is 14.5 Å². The van der Waals surface area contributed by atoms with E-state index >= 15 is 0 Å². The summed E-state index contributed by atoms with van der Waals surface area (Å²) in [5, 5.41) is 1.46. The van der Waals surface area contributed by atoms with Crippen LogP contribution in [0.25, 0.3) is 22.1 Å². The molecule has 158 valence electrons. The predicted octanol–water partition coefficient (Wildman–Crippen LogP) is 3.57. The summed E-state index contributed by atoms with van der Waals surface area (Å²) in [7, 11) is -2.74. The molecule has 0 bridgehead atoms.